The third kappa shape index (κ3) is 4.44. The van der Waals surface area contributed by atoms with Gasteiger partial charge in [0.1, 0.15) is 0 Å². The highest BCUT2D eigenvalue weighted by atomic mass is 16.2. The molecule has 6 nitrogen and oxygen atoms in total. The van der Waals surface area contributed by atoms with Gasteiger partial charge in [0, 0.05) is 19.8 Å². The summed E-state index contributed by atoms with van der Waals surface area (Å²) in [6.45, 7) is 2.80. The normalized spacial score (nSPS) is 16.6. The average molecular weight is 341 g/mol. The zero-order chi connectivity index (χ0) is 17.6. The lowest BCUT2D eigenvalue weighted by Gasteiger charge is -2.23. The number of aromatic nitrogens is 4. The van der Waals surface area contributed by atoms with Crippen LogP contribution in [-0.2, 0) is 6.54 Å². The Labute approximate surface area is 149 Å². The Kier molecular flexibility index (Phi) is 5.79. The topological polar surface area (TPSA) is 63.9 Å². The number of carbonyl (C=O) groups excluding carboxylic acids is 1. The van der Waals surface area contributed by atoms with E-state index in [1.54, 1.807) is 29.0 Å². The summed E-state index contributed by atoms with van der Waals surface area (Å²) in [4.78, 5) is 18.7. The first-order valence-electron chi connectivity index (χ1n) is 9.23. The number of amides is 1. The molecular formula is C19H27N5O. The van der Waals surface area contributed by atoms with Gasteiger partial charge in [-0.1, -0.05) is 43.4 Å². The van der Waals surface area contributed by atoms with E-state index in [0.29, 0.717) is 5.69 Å². The third-order valence-corrected chi connectivity index (χ3v) is 5.27. The molecule has 134 valence electrons. The van der Waals surface area contributed by atoms with Gasteiger partial charge in [-0.3, -0.25) is 14.5 Å². The van der Waals surface area contributed by atoms with Gasteiger partial charge in [0.2, 0.25) is 0 Å². The van der Waals surface area contributed by atoms with Crippen LogP contribution in [0.3, 0.4) is 0 Å². The summed E-state index contributed by atoms with van der Waals surface area (Å²) >= 11 is 0. The molecule has 1 saturated carbocycles. The van der Waals surface area contributed by atoms with Gasteiger partial charge in [-0.15, -0.1) is 5.10 Å². The lowest BCUT2D eigenvalue weighted by molar-refractivity contribution is 0.0733. The molecule has 0 spiro atoms. The van der Waals surface area contributed by atoms with E-state index in [9.17, 15) is 4.79 Å². The number of rotatable bonds is 6. The minimum Gasteiger partial charge on any atom is -0.332 e. The summed E-state index contributed by atoms with van der Waals surface area (Å²) in [5, 5.41) is 8.22. The first kappa shape index (κ1) is 17.6. The van der Waals surface area contributed by atoms with Crippen LogP contribution in [0.2, 0.25) is 0 Å². The van der Waals surface area contributed by atoms with E-state index in [4.69, 9.17) is 0 Å². The molecule has 6 heteroatoms. The molecule has 3 rings (SSSR count). The fraction of sp³-hybridized carbons (Fsp3) is 0.579. The van der Waals surface area contributed by atoms with Crippen molar-refractivity contribution < 1.29 is 4.79 Å². The predicted octanol–water partition coefficient (Wildman–Crippen LogP) is 3.48. The second-order valence-electron chi connectivity index (χ2n) is 7.01. The summed E-state index contributed by atoms with van der Waals surface area (Å²) in [6, 6.07) is 5.62. The maximum atomic E-state index is 12.7. The lowest BCUT2D eigenvalue weighted by atomic mass is 9.87. The molecule has 0 aliphatic heterocycles. The van der Waals surface area contributed by atoms with Gasteiger partial charge in [-0.2, -0.15) is 0 Å². The first-order valence-corrected chi connectivity index (χ1v) is 9.23. The molecule has 1 atom stereocenters. The molecule has 0 aromatic carbocycles. The Bertz CT molecular complexity index is 678. The molecule has 0 saturated heterocycles. The Morgan fingerprint density at radius 3 is 2.84 bits per heavy atom. The molecular weight excluding hydrogens is 314 g/mol. The van der Waals surface area contributed by atoms with Gasteiger partial charge in [0.05, 0.1) is 17.9 Å². The van der Waals surface area contributed by atoms with Crippen LogP contribution in [0.4, 0.5) is 0 Å². The molecule has 2 aromatic rings. The summed E-state index contributed by atoms with van der Waals surface area (Å²) in [5.74, 6) is 0.672. The summed E-state index contributed by atoms with van der Waals surface area (Å²) in [7, 11) is 1.78. The smallest absolute Gasteiger partial charge is 0.276 e. The van der Waals surface area contributed by atoms with E-state index in [1.165, 1.54) is 32.1 Å². The maximum Gasteiger partial charge on any atom is 0.276 e. The number of aryl methyl sites for hydroxylation is 1. The van der Waals surface area contributed by atoms with Crippen LogP contribution < -0.4 is 0 Å². The highest BCUT2D eigenvalue weighted by Gasteiger charge is 2.22. The highest BCUT2D eigenvalue weighted by Crippen LogP contribution is 2.26. The number of pyridine rings is 1. The monoisotopic (exact) mass is 341 g/mol. The van der Waals surface area contributed by atoms with Crippen molar-refractivity contribution >= 4 is 5.91 Å². The minimum atomic E-state index is -0.123. The van der Waals surface area contributed by atoms with Crippen molar-refractivity contribution in [3.63, 3.8) is 0 Å². The van der Waals surface area contributed by atoms with Crippen molar-refractivity contribution in [1.29, 1.82) is 0 Å². The Morgan fingerprint density at radius 2 is 2.12 bits per heavy atom. The van der Waals surface area contributed by atoms with E-state index in [-0.39, 0.29) is 11.9 Å². The molecule has 1 aliphatic rings. The fourth-order valence-electron chi connectivity index (χ4n) is 3.47. The minimum absolute atomic E-state index is 0.110. The number of hydrogen-bond acceptors (Lipinski definition) is 4. The van der Waals surface area contributed by atoms with Gasteiger partial charge in [-0.05, 0) is 31.4 Å². The highest BCUT2D eigenvalue weighted by molar-refractivity contribution is 5.92. The molecule has 1 aliphatic carbocycles. The van der Waals surface area contributed by atoms with Gasteiger partial charge in [-0.25, -0.2) is 0 Å². The second-order valence-corrected chi connectivity index (χ2v) is 7.01. The van der Waals surface area contributed by atoms with Crippen molar-refractivity contribution in [2.75, 3.05) is 7.05 Å². The predicted molar refractivity (Wildman–Crippen MR) is 96.0 cm³/mol. The molecule has 1 fully saturated rings. The van der Waals surface area contributed by atoms with Crippen LogP contribution in [-0.4, -0.2) is 37.8 Å². The molecule has 0 N–H and O–H groups in total. The second kappa shape index (κ2) is 8.23. The van der Waals surface area contributed by atoms with Crippen LogP contribution in [0.15, 0.2) is 30.6 Å². The fourth-order valence-corrected chi connectivity index (χ4v) is 3.47. The molecule has 0 unspecified atom stereocenters. The Morgan fingerprint density at radius 1 is 1.32 bits per heavy atom. The van der Waals surface area contributed by atoms with Gasteiger partial charge in [0.25, 0.3) is 5.91 Å². The van der Waals surface area contributed by atoms with Crippen LogP contribution >= 0.6 is 0 Å². The number of carbonyl (C=O) groups is 1. The summed E-state index contributed by atoms with van der Waals surface area (Å²) in [6.07, 6.45) is 11.4. The van der Waals surface area contributed by atoms with E-state index < -0.39 is 0 Å². The van der Waals surface area contributed by atoms with Crippen molar-refractivity contribution in [1.82, 2.24) is 24.9 Å². The summed E-state index contributed by atoms with van der Waals surface area (Å²) < 4.78 is 1.81. The third-order valence-electron chi connectivity index (χ3n) is 5.27. The van der Waals surface area contributed by atoms with Crippen molar-refractivity contribution in [3.05, 3.63) is 42.0 Å². The molecule has 25 heavy (non-hydrogen) atoms. The Hall–Kier alpha value is -2.24. The molecule has 0 bridgehead atoms. The summed E-state index contributed by atoms with van der Waals surface area (Å²) in [5.41, 5.74) is 1.26. The van der Waals surface area contributed by atoms with E-state index in [2.05, 4.69) is 15.3 Å². The Balaban J connectivity index is 1.58. The van der Waals surface area contributed by atoms with E-state index >= 15 is 0 Å². The van der Waals surface area contributed by atoms with Crippen molar-refractivity contribution in [2.45, 2.75) is 58.0 Å². The zero-order valence-corrected chi connectivity index (χ0v) is 15.1. The maximum absolute atomic E-state index is 12.7. The van der Waals surface area contributed by atoms with E-state index in [1.807, 2.05) is 25.1 Å². The number of nitrogens with zero attached hydrogens (tertiary/aromatic N) is 5. The largest absolute Gasteiger partial charge is 0.332 e. The number of hydrogen-bond donors (Lipinski definition) is 0. The van der Waals surface area contributed by atoms with E-state index in [0.717, 1.165) is 24.6 Å². The molecule has 2 aromatic heterocycles. The SMILES string of the molecule is C[C@H](c1ccccn1)N(C)C(=O)c1cn(CCC2CCCCC2)nn1. The van der Waals surface area contributed by atoms with Crippen LogP contribution in [0.5, 0.6) is 0 Å². The van der Waals surface area contributed by atoms with Crippen LogP contribution in [0, 0.1) is 5.92 Å². The first-order chi connectivity index (χ1) is 12.1. The van der Waals surface area contributed by atoms with Crippen LogP contribution in [0.1, 0.15) is 67.7 Å². The van der Waals surface area contributed by atoms with Crippen LogP contribution in [0.25, 0.3) is 0 Å². The van der Waals surface area contributed by atoms with Gasteiger partial charge >= 0.3 is 0 Å². The van der Waals surface area contributed by atoms with Crippen molar-refractivity contribution in [3.8, 4) is 0 Å². The van der Waals surface area contributed by atoms with Gasteiger partial charge < -0.3 is 4.90 Å². The molecule has 2 heterocycles. The standard InChI is InChI=1S/C19H27N5O/c1-15(17-10-6-7-12-20-17)23(2)19(25)18-14-24(22-21-18)13-11-16-8-4-3-5-9-16/h6-7,10,12,14-16H,3-5,8-9,11,13H2,1-2H3/t15-/m1/s1. The molecule has 1 amide bonds. The quantitative estimate of drug-likeness (QED) is 0.807. The average Bonchev–Trinajstić information content (AvgIpc) is 3.15. The van der Waals surface area contributed by atoms with Gasteiger partial charge in [0.15, 0.2) is 5.69 Å². The van der Waals surface area contributed by atoms with Crippen molar-refractivity contribution in [2.24, 2.45) is 5.92 Å². The zero-order valence-electron chi connectivity index (χ0n) is 15.1. The molecule has 0 radical (unpaired) electrons. The lowest BCUT2D eigenvalue weighted by Crippen LogP contribution is -2.30.